The summed E-state index contributed by atoms with van der Waals surface area (Å²) in [6, 6.07) is 7.62. The topological polar surface area (TPSA) is 32.3 Å². The van der Waals surface area contributed by atoms with E-state index in [4.69, 9.17) is 11.6 Å². The third-order valence-electron chi connectivity index (χ3n) is 3.50. The first kappa shape index (κ1) is 12.7. The van der Waals surface area contributed by atoms with Crippen LogP contribution in [0.4, 0.5) is 5.69 Å². The minimum absolute atomic E-state index is 0.532. The van der Waals surface area contributed by atoms with Gasteiger partial charge in [0.05, 0.1) is 5.60 Å². The number of hydrogen-bond donors (Lipinski definition) is 2. The molecule has 0 aromatic heterocycles. The molecule has 94 valence electrons. The Labute approximate surface area is 108 Å². The van der Waals surface area contributed by atoms with Crippen LogP contribution in [-0.2, 0) is 0 Å². The maximum Gasteiger partial charge on any atom is 0.0819 e. The summed E-state index contributed by atoms with van der Waals surface area (Å²) in [4.78, 5) is 0. The van der Waals surface area contributed by atoms with Gasteiger partial charge in [0.25, 0.3) is 0 Å². The molecule has 1 fully saturated rings. The van der Waals surface area contributed by atoms with Crippen molar-refractivity contribution in [2.24, 2.45) is 0 Å². The van der Waals surface area contributed by atoms with Gasteiger partial charge in [-0.15, -0.1) is 0 Å². The standard InChI is InChI=1S/C14H20ClNO/c15-12-5-7-13(8-6-12)16-11-14(17)9-3-1-2-4-10-14/h5-8,16-17H,1-4,9-11H2. The van der Waals surface area contributed by atoms with Gasteiger partial charge in [-0.3, -0.25) is 0 Å². The van der Waals surface area contributed by atoms with Gasteiger partial charge >= 0.3 is 0 Å². The number of rotatable bonds is 3. The first-order valence-corrected chi connectivity index (χ1v) is 6.78. The van der Waals surface area contributed by atoms with Gasteiger partial charge in [-0.1, -0.05) is 37.3 Å². The zero-order valence-electron chi connectivity index (χ0n) is 10.1. The van der Waals surface area contributed by atoms with Crippen molar-refractivity contribution in [3.8, 4) is 0 Å². The first-order valence-electron chi connectivity index (χ1n) is 6.40. The predicted octanol–water partition coefficient (Wildman–Crippen LogP) is 3.84. The summed E-state index contributed by atoms with van der Waals surface area (Å²) in [5.41, 5.74) is 0.489. The summed E-state index contributed by atoms with van der Waals surface area (Å²) in [5, 5.41) is 14.5. The van der Waals surface area contributed by atoms with Crippen LogP contribution in [0.25, 0.3) is 0 Å². The van der Waals surface area contributed by atoms with Gasteiger partial charge in [0, 0.05) is 17.3 Å². The fourth-order valence-electron chi connectivity index (χ4n) is 2.40. The van der Waals surface area contributed by atoms with Gasteiger partial charge in [0.1, 0.15) is 0 Å². The molecule has 0 spiro atoms. The van der Waals surface area contributed by atoms with Gasteiger partial charge in [0.15, 0.2) is 0 Å². The summed E-state index contributed by atoms with van der Waals surface area (Å²) in [5.74, 6) is 0. The Bertz CT molecular complexity index is 342. The van der Waals surface area contributed by atoms with Crippen molar-refractivity contribution >= 4 is 17.3 Å². The lowest BCUT2D eigenvalue weighted by Crippen LogP contribution is -2.36. The van der Waals surface area contributed by atoms with E-state index in [1.54, 1.807) is 0 Å². The second-order valence-corrected chi connectivity index (χ2v) is 5.44. The van der Waals surface area contributed by atoms with E-state index in [1.165, 1.54) is 12.8 Å². The van der Waals surface area contributed by atoms with Crippen molar-refractivity contribution in [2.75, 3.05) is 11.9 Å². The molecule has 2 nitrogen and oxygen atoms in total. The molecule has 1 aliphatic rings. The lowest BCUT2D eigenvalue weighted by atomic mass is 9.94. The highest BCUT2D eigenvalue weighted by atomic mass is 35.5. The van der Waals surface area contributed by atoms with Gasteiger partial charge in [-0.25, -0.2) is 0 Å². The van der Waals surface area contributed by atoms with Crippen LogP contribution in [-0.4, -0.2) is 17.3 Å². The van der Waals surface area contributed by atoms with Crippen molar-refractivity contribution in [2.45, 2.75) is 44.1 Å². The Morgan fingerprint density at radius 3 is 2.24 bits per heavy atom. The maximum atomic E-state index is 10.5. The first-order chi connectivity index (χ1) is 8.18. The molecule has 0 unspecified atom stereocenters. The number of halogens is 1. The number of hydrogen-bond acceptors (Lipinski definition) is 2. The molecule has 0 amide bonds. The van der Waals surface area contributed by atoms with Crippen LogP contribution >= 0.6 is 11.6 Å². The molecule has 0 saturated heterocycles. The van der Waals surface area contributed by atoms with E-state index in [2.05, 4.69) is 5.32 Å². The summed E-state index contributed by atoms with van der Waals surface area (Å²) in [7, 11) is 0. The molecule has 1 aromatic carbocycles. The van der Waals surface area contributed by atoms with Crippen LogP contribution in [0, 0.1) is 0 Å². The fraction of sp³-hybridized carbons (Fsp3) is 0.571. The van der Waals surface area contributed by atoms with Gasteiger partial charge in [-0.05, 0) is 37.1 Å². The largest absolute Gasteiger partial charge is 0.388 e. The lowest BCUT2D eigenvalue weighted by Gasteiger charge is -2.27. The molecule has 3 heteroatoms. The Balaban J connectivity index is 1.89. The molecule has 0 atom stereocenters. The Kier molecular flexibility index (Phi) is 4.30. The van der Waals surface area contributed by atoms with Crippen LogP contribution in [0.15, 0.2) is 24.3 Å². The van der Waals surface area contributed by atoms with Crippen molar-refractivity contribution in [1.29, 1.82) is 0 Å². The molecule has 0 bridgehead atoms. The highest BCUT2D eigenvalue weighted by Crippen LogP contribution is 2.27. The second kappa shape index (κ2) is 5.74. The van der Waals surface area contributed by atoms with E-state index in [-0.39, 0.29) is 0 Å². The SMILES string of the molecule is OC1(CNc2ccc(Cl)cc2)CCCCCC1. The van der Waals surface area contributed by atoms with Crippen LogP contribution in [0.5, 0.6) is 0 Å². The van der Waals surface area contributed by atoms with Gasteiger partial charge in [0.2, 0.25) is 0 Å². The van der Waals surface area contributed by atoms with Crippen LogP contribution < -0.4 is 5.32 Å². The minimum atomic E-state index is -0.532. The van der Waals surface area contributed by atoms with Crippen LogP contribution in [0.3, 0.4) is 0 Å². The van der Waals surface area contributed by atoms with Crippen molar-refractivity contribution in [1.82, 2.24) is 0 Å². The van der Waals surface area contributed by atoms with E-state index in [9.17, 15) is 5.11 Å². The molecule has 0 aliphatic heterocycles. The Morgan fingerprint density at radius 2 is 1.65 bits per heavy atom. The molecular weight excluding hydrogens is 234 g/mol. The van der Waals surface area contributed by atoms with E-state index in [0.29, 0.717) is 6.54 Å². The summed E-state index contributed by atoms with van der Waals surface area (Å²) in [6.45, 7) is 0.634. The predicted molar refractivity (Wildman–Crippen MR) is 72.6 cm³/mol. The average Bonchev–Trinajstić information content (AvgIpc) is 2.54. The number of nitrogens with one attached hydrogen (secondary N) is 1. The highest BCUT2D eigenvalue weighted by Gasteiger charge is 2.27. The maximum absolute atomic E-state index is 10.5. The van der Waals surface area contributed by atoms with Crippen molar-refractivity contribution < 1.29 is 5.11 Å². The summed E-state index contributed by atoms with van der Waals surface area (Å²) in [6.07, 6.45) is 6.60. The third-order valence-corrected chi connectivity index (χ3v) is 3.75. The molecule has 1 saturated carbocycles. The van der Waals surface area contributed by atoms with E-state index in [0.717, 1.165) is 36.4 Å². The molecule has 17 heavy (non-hydrogen) atoms. The molecule has 1 aromatic rings. The monoisotopic (exact) mass is 253 g/mol. The van der Waals surface area contributed by atoms with Gasteiger partial charge in [-0.2, -0.15) is 0 Å². The zero-order chi connectivity index (χ0) is 12.1. The summed E-state index contributed by atoms with van der Waals surface area (Å²) < 4.78 is 0. The highest BCUT2D eigenvalue weighted by molar-refractivity contribution is 6.30. The van der Waals surface area contributed by atoms with Crippen molar-refractivity contribution in [3.05, 3.63) is 29.3 Å². The third kappa shape index (κ3) is 3.90. The van der Waals surface area contributed by atoms with Crippen LogP contribution in [0.1, 0.15) is 38.5 Å². The molecule has 0 radical (unpaired) electrons. The van der Waals surface area contributed by atoms with E-state index < -0.39 is 5.60 Å². The van der Waals surface area contributed by atoms with Crippen molar-refractivity contribution in [3.63, 3.8) is 0 Å². The second-order valence-electron chi connectivity index (χ2n) is 5.00. The fourth-order valence-corrected chi connectivity index (χ4v) is 2.52. The lowest BCUT2D eigenvalue weighted by molar-refractivity contribution is 0.0381. The molecular formula is C14H20ClNO. The molecule has 2 rings (SSSR count). The Hall–Kier alpha value is -0.730. The molecule has 1 aliphatic carbocycles. The normalized spacial score (nSPS) is 19.6. The number of benzene rings is 1. The molecule has 0 heterocycles. The summed E-state index contributed by atoms with van der Waals surface area (Å²) >= 11 is 5.83. The van der Waals surface area contributed by atoms with E-state index >= 15 is 0 Å². The van der Waals surface area contributed by atoms with Gasteiger partial charge < -0.3 is 10.4 Å². The zero-order valence-corrected chi connectivity index (χ0v) is 10.8. The Morgan fingerprint density at radius 1 is 1.06 bits per heavy atom. The van der Waals surface area contributed by atoms with E-state index in [1.807, 2.05) is 24.3 Å². The smallest absolute Gasteiger partial charge is 0.0819 e. The molecule has 2 N–H and O–H groups in total. The average molecular weight is 254 g/mol. The number of aliphatic hydroxyl groups is 1. The van der Waals surface area contributed by atoms with Crippen LogP contribution in [0.2, 0.25) is 5.02 Å². The quantitative estimate of drug-likeness (QED) is 0.803. The number of anilines is 1. The minimum Gasteiger partial charge on any atom is -0.388 e.